The monoisotopic (exact) mass is 335 g/mol. The summed E-state index contributed by atoms with van der Waals surface area (Å²) in [4.78, 5) is 24.0. The van der Waals surface area contributed by atoms with Crippen LogP contribution in [-0.4, -0.2) is 17.0 Å². The topological polar surface area (TPSA) is 66.4 Å². The molecule has 0 heterocycles. The molecule has 0 aromatic heterocycles. The molecule has 3 unspecified atom stereocenters. The van der Waals surface area contributed by atoms with Crippen molar-refractivity contribution in [2.75, 3.05) is 0 Å². The predicted molar refractivity (Wildman–Crippen MR) is 90.2 cm³/mol. The minimum Gasteiger partial charge on any atom is -0.481 e. The first-order valence-corrected chi connectivity index (χ1v) is 8.21. The van der Waals surface area contributed by atoms with Gasteiger partial charge in [0.1, 0.15) is 0 Å². The minimum atomic E-state index is -0.915. The molecule has 1 aromatic rings. The number of hydrogen-bond donors (Lipinski definition) is 2. The van der Waals surface area contributed by atoms with Crippen LogP contribution in [0.1, 0.15) is 38.3 Å². The lowest BCUT2D eigenvalue weighted by Gasteiger charge is -2.29. The van der Waals surface area contributed by atoms with E-state index in [4.69, 9.17) is 11.6 Å². The zero-order valence-electron chi connectivity index (χ0n) is 13.3. The van der Waals surface area contributed by atoms with E-state index in [0.717, 1.165) is 5.56 Å². The van der Waals surface area contributed by atoms with Crippen molar-refractivity contribution in [3.8, 4) is 0 Å². The fourth-order valence-electron chi connectivity index (χ4n) is 2.94. The maximum atomic E-state index is 12.6. The molecule has 0 bridgehead atoms. The number of benzene rings is 1. The van der Waals surface area contributed by atoms with Crippen molar-refractivity contribution < 1.29 is 14.7 Å². The van der Waals surface area contributed by atoms with Crippen LogP contribution < -0.4 is 5.32 Å². The van der Waals surface area contributed by atoms with Crippen molar-refractivity contribution in [2.24, 2.45) is 17.8 Å². The molecule has 2 rings (SSSR count). The molecular weight excluding hydrogens is 314 g/mol. The first kappa shape index (κ1) is 17.5. The third-order valence-electron chi connectivity index (χ3n) is 4.28. The van der Waals surface area contributed by atoms with Crippen molar-refractivity contribution in [1.29, 1.82) is 0 Å². The fraction of sp³-hybridized carbons (Fsp3) is 0.444. The Morgan fingerprint density at radius 2 is 1.70 bits per heavy atom. The quantitative estimate of drug-likeness (QED) is 0.804. The largest absolute Gasteiger partial charge is 0.481 e. The molecule has 23 heavy (non-hydrogen) atoms. The zero-order chi connectivity index (χ0) is 17.0. The Labute approximate surface area is 141 Å². The van der Waals surface area contributed by atoms with Crippen molar-refractivity contribution >= 4 is 23.5 Å². The summed E-state index contributed by atoms with van der Waals surface area (Å²) in [6.45, 7) is 4.05. The van der Waals surface area contributed by atoms with Gasteiger partial charge in [-0.3, -0.25) is 9.59 Å². The highest BCUT2D eigenvalue weighted by Crippen LogP contribution is 2.29. The second kappa shape index (κ2) is 7.64. The van der Waals surface area contributed by atoms with Gasteiger partial charge in [-0.25, -0.2) is 0 Å². The smallest absolute Gasteiger partial charge is 0.307 e. The molecule has 0 radical (unpaired) electrons. The van der Waals surface area contributed by atoms with Gasteiger partial charge in [0.05, 0.1) is 17.9 Å². The second-order valence-electron chi connectivity index (χ2n) is 6.28. The van der Waals surface area contributed by atoms with Gasteiger partial charge in [-0.15, -0.1) is 0 Å². The van der Waals surface area contributed by atoms with Crippen LogP contribution in [0.5, 0.6) is 0 Å². The van der Waals surface area contributed by atoms with Gasteiger partial charge in [0.2, 0.25) is 5.91 Å². The molecule has 1 amide bonds. The molecule has 1 aliphatic carbocycles. The molecule has 0 spiro atoms. The van der Waals surface area contributed by atoms with E-state index >= 15 is 0 Å². The van der Waals surface area contributed by atoms with E-state index in [1.54, 1.807) is 12.1 Å². The number of rotatable bonds is 5. The van der Waals surface area contributed by atoms with Crippen molar-refractivity contribution in [2.45, 2.75) is 32.7 Å². The molecular formula is C18H22ClNO3. The lowest BCUT2D eigenvalue weighted by Crippen LogP contribution is -2.41. The van der Waals surface area contributed by atoms with Gasteiger partial charge in [-0.05, 0) is 36.5 Å². The highest BCUT2D eigenvalue weighted by atomic mass is 35.5. The van der Waals surface area contributed by atoms with E-state index in [-0.39, 0.29) is 17.9 Å². The molecule has 3 atom stereocenters. The van der Waals surface area contributed by atoms with E-state index in [1.165, 1.54) is 0 Å². The molecule has 0 saturated heterocycles. The number of carbonyl (C=O) groups is 2. The van der Waals surface area contributed by atoms with Crippen LogP contribution in [0.3, 0.4) is 0 Å². The predicted octanol–water partition coefficient (Wildman–Crippen LogP) is 3.82. The number of halogens is 1. The molecule has 1 aromatic carbocycles. The third kappa shape index (κ3) is 4.35. The van der Waals surface area contributed by atoms with Crippen LogP contribution in [0.25, 0.3) is 0 Å². The molecule has 0 saturated carbocycles. The van der Waals surface area contributed by atoms with Gasteiger partial charge < -0.3 is 10.4 Å². The highest BCUT2D eigenvalue weighted by molar-refractivity contribution is 6.30. The summed E-state index contributed by atoms with van der Waals surface area (Å²) in [5, 5.41) is 13.0. The van der Waals surface area contributed by atoms with Gasteiger partial charge in [0.25, 0.3) is 0 Å². The van der Waals surface area contributed by atoms with Gasteiger partial charge >= 0.3 is 5.97 Å². The summed E-state index contributed by atoms with van der Waals surface area (Å²) in [7, 11) is 0. The number of hydrogen-bond acceptors (Lipinski definition) is 2. The van der Waals surface area contributed by atoms with E-state index in [1.807, 2.05) is 38.1 Å². The molecule has 5 heteroatoms. The zero-order valence-corrected chi connectivity index (χ0v) is 14.1. The number of nitrogens with one attached hydrogen (secondary N) is 1. The molecule has 124 valence electrons. The molecule has 4 nitrogen and oxygen atoms in total. The lowest BCUT2D eigenvalue weighted by molar-refractivity contribution is -0.147. The Kier molecular flexibility index (Phi) is 5.83. The summed E-state index contributed by atoms with van der Waals surface area (Å²) >= 11 is 5.92. The summed E-state index contributed by atoms with van der Waals surface area (Å²) in [5.74, 6) is -2.11. The lowest BCUT2D eigenvalue weighted by atomic mass is 9.82. The van der Waals surface area contributed by atoms with Crippen molar-refractivity contribution in [3.05, 3.63) is 47.0 Å². The Bertz CT molecular complexity index is 595. The van der Waals surface area contributed by atoms with Crippen LogP contribution in [0.15, 0.2) is 36.4 Å². The van der Waals surface area contributed by atoms with Gasteiger partial charge in [-0.1, -0.05) is 49.7 Å². The van der Waals surface area contributed by atoms with Crippen molar-refractivity contribution in [3.63, 3.8) is 0 Å². The van der Waals surface area contributed by atoms with Crippen LogP contribution in [0.2, 0.25) is 5.02 Å². The Morgan fingerprint density at radius 1 is 1.13 bits per heavy atom. The summed E-state index contributed by atoms with van der Waals surface area (Å²) in [6.07, 6.45) is 4.59. The van der Waals surface area contributed by atoms with Crippen LogP contribution in [0, 0.1) is 17.8 Å². The van der Waals surface area contributed by atoms with Crippen LogP contribution in [0.4, 0.5) is 0 Å². The Morgan fingerprint density at radius 3 is 2.22 bits per heavy atom. The maximum Gasteiger partial charge on any atom is 0.307 e. The summed E-state index contributed by atoms with van der Waals surface area (Å²) in [5.41, 5.74) is 0.968. The summed E-state index contributed by atoms with van der Waals surface area (Å²) < 4.78 is 0. The molecule has 1 aliphatic rings. The van der Waals surface area contributed by atoms with Gasteiger partial charge in [-0.2, -0.15) is 0 Å². The average Bonchev–Trinajstić information content (AvgIpc) is 2.53. The minimum absolute atomic E-state index is 0.167. The van der Waals surface area contributed by atoms with Crippen LogP contribution in [-0.2, 0) is 9.59 Å². The van der Waals surface area contributed by atoms with E-state index in [2.05, 4.69) is 5.32 Å². The Hall–Kier alpha value is -1.81. The second-order valence-corrected chi connectivity index (χ2v) is 6.71. The number of allylic oxidation sites excluding steroid dienone is 2. The molecule has 0 aliphatic heterocycles. The van der Waals surface area contributed by atoms with Crippen molar-refractivity contribution in [1.82, 2.24) is 5.32 Å². The average molecular weight is 336 g/mol. The third-order valence-corrected chi connectivity index (χ3v) is 4.53. The van der Waals surface area contributed by atoms with Gasteiger partial charge in [0.15, 0.2) is 0 Å². The standard InChI is InChI=1S/C18H22ClNO3/c1-11(2)16(12-7-9-13(19)10-8-12)20-17(21)14-5-3-4-6-15(14)18(22)23/h3-4,7-11,14-16H,5-6H2,1-2H3,(H,20,21)(H,22,23). The normalized spacial score (nSPS) is 21.9. The van der Waals surface area contributed by atoms with E-state index in [0.29, 0.717) is 17.9 Å². The number of carboxylic acid groups (broad SMARTS) is 1. The number of carbonyl (C=O) groups excluding carboxylic acids is 1. The fourth-order valence-corrected chi connectivity index (χ4v) is 3.07. The Balaban J connectivity index is 2.16. The number of amides is 1. The maximum absolute atomic E-state index is 12.6. The van der Waals surface area contributed by atoms with Gasteiger partial charge in [0, 0.05) is 5.02 Å². The number of aliphatic carboxylic acids is 1. The number of carboxylic acids is 1. The first-order valence-electron chi connectivity index (χ1n) is 7.83. The summed E-state index contributed by atoms with van der Waals surface area (Å²) in [6, 6.07) is 7.20. The molecule has 0 fully saturated rings. The van der Waals surface area contributed by atoms with Crippen LogP contribution >= 0.6 is 11.6 Å². The first-order chi connectivity index (χ1) is 10.9. The van der Waals surface area contributed by atoms with E-state index < -0.39 is 17.8 Å². The SMILES string of the molecule is CC(C)C(NC(=O)C1CC=CCC1C(=O)O)c1ccc(Cl)cc1. The van der Waals surface area contributed by atoms with E-state index in [9.17, 15) is 14.7 Å². The molecule has 2 N–H and O–H groups in total. The highest BCUT2D eigenvalue weighted by Gasteiger charge is 2.35.